The topological polar surface area (TPSA) is 52.7 Å². The van der Waals surface area contributed by atoms with Crippen molar-refractivity contribution in [2.24, 2.45) is 5.41 Å². The van der Waals surface area contributed by atoms with Crippen LogP contribution in [0.1, 0.15) is 20.8 Å². The monoisotopic (exact) mass is 241 g/mol. The third-order valence-corrected chi connectivity index (χ3v) is 3.27. The Morgan fingerprint density at radius 1 is 1.24 bits per heavy atom. The van der Waals surface area contributed by atoms with E-state index in [1.807, 2.05) is 7.05 Å². The van der Waals surface area contributed by atoms with Crippen molar-refractivity contribution < 1.29 is 9.59 Å². The standard InChI is InChI=1S/C12H23N3O2/c1-12(2,3)9(13-4)6-15-8-10(16)14(5)7-11(15)17/h9,13H,6-8H2,1-5H3. The fraction of sp³-hybridized carbons (Fsp3) is 0.833. The summed E-state index contributed by atoms with van der Waals surface area (Å²) in [6.07, 6.45) is 0. The number of nitrogens with zero attached hydrogens (tertiary/aromatic N) is 2. The van der Waals surface area contributed by atoms with Gasteiger partial charge in [-0.05, 0) is 12.5 Å². The predicted molar refractivity (Wildman–Crippen MR) is 66.5 cm³/mol. The van der Waals surface area contributed by atoms with E-state index in [9.17, 15) is 9.59 Å². The lowest BCUT2D eigenvalue weighted by Crippen LogP contribution is -2.57. The normalized spacial score (nSPS) is 19.8. The maximum absolute atomic E-state index is 11.8. The Labute approximate surface area is 103 Å². The third kappa shape index (κ3) is 3.43. The van der Waals surface area contributed by atoms with E-state index in [1.165, 1.54) is 4.90 Å². The Morgan fingerprint density at radius 3 is 2.29 bits per heavy atom. The molecule has 1 rings (SSSR count). The van der Waals surface area contributed by atoms with Gasteiger partial charge in [-0.1, -0.05) is 20.8 Å². The van der Waals surface area contributed by atoms with E-state index in [2.05, 4.69) is 26.1 Å². The van der Waals surface area contributed by atoms with Gasteiger partial charge in [0.2, 0.25) is 11.8 Å². The molecular formula is C12H23N3O2. The molecular weight excluding hydrogens is 218 g/mol. The average Bonchev–Trinajstić information content (AvgIpc) is 2.19. The van der Waals surface area contributed by atoms with Crippen LogP contribution in [0.25, 0.3) is 0 Å². The van der Waals surface area contributed by atoms with Crippen LogP contribution in [0.5, 0.6) is 0 Å². The lowest BCUT2D eigenvalue weighted by atomic mass is 9.86. The molecule has 98 valence electrons. The Bertz CT molecular complexity index is 309. The first kappa shape index (κ1) is 14.0. The van der Waals surface area contributed by atoms with Gasteiger partial charge in [0.15, 0.2) is 0 Å². The second-order valence-electron chi connectivity index (χ2n) is 5.73. The number of nitrogens with one attached hydrogen (secondary N) is 1. The van der Waals surface area contributed by atoms with Crippen molar-refractivity contribution in [3.8, 4) is 0 Å². The second kappa shape index (κ2) is 5.04. The number of rotatable bonds is 3. The first-order valence-corrected chi connectivity index (χ1v) is 5.94. The predicted octanol–water partition coefficient (Wildman–Crippen LogP) is -0.0789. The molecule has 0 bridgehead atoms. The maximum Gasteiger partial charge on any atom is 0.242 e. The fourth-order valence-electron chi connectivity index (χ4n) is 1.95. The molecule has 1 unspecified atom stereocenters. The second-order valence-corrected chi connectivity index (χ2v) is 5.73. The van der Waals surface area contributed by atoms with Crippen molar-refractivity contribution in [1.82, 2.24) is 15.1 Å². The van der Waals surface area contributed by atoms with Crippen molar-refractivity contribution in [3.63, 3.8) is 0 Å². The van der Waals surface area contributed by atoms with Gasteiger partial charge < -0.3 is 15.1 Å². The summed E-state index contributed by atoms with van der Waals surface area (Å²) in [4.78, 5) is 26.5. The van der Waals surface area contributed by atoms with E-state index < -0.39 is 0 Å². The molecule has 1 atom stereocenters. The lowest BCUT2D eigenvalue weighted by molar-refractivity contribution is -0.149. The molecule has 0 aromatic heterocycles. The fourth-order valence-corrected chi connectivity index (χ4v) is 1.95. The van der Waals surface area contributed by atoms with E-state index in [0.717, 1.165) is 0 Å². The summed E-state index contributed by atoms with van der Waals surface area (Å²) in [6.45, 7) is 7.34. The number of carbonyl (C=O) groups excluding carboxylic acids is 2. The van der Waals surface area contributed by atoms with Crippen molar-refractivity contribution >= 4 is 11.8 Å². The Hall–Kier alpha value is -1.10. The SMILES string of the molecule is CNC(CN1CC(=O)N(C)CC1=O)C(C)(C)C. The molecule has 0 aromatic carbocycles. The lowest BCUT2D eigenvalue weighted by Gasteiger charge is -2.38. The van der Waals surface area contributed by atoms with Gasteiger partial charge in [0.25, 0.3) is 0 Å². The highest BCUT2D eigenvalue weighted by atomic mass is 16.2. The van der Waals surface area contributed by atoms with Crippen molar-refractivity contribution in [2.75, 3.05) is 33.7 Å². The summed E-state index contributed by atoms with van der Waals surface area (Å²) < 4.78 is 0. The van der Waals surface area contributed by atoms with Crippen LogP contribution in [0.2, 0.25) is 0 Å². The molecule has 1 saturated heterocycles. The van der Waals surface area contributed by atoms with E-state index in [4.69, 9.17) is 0 Å². The summed E-state index contributed by atoms with van der Waals surface area (Å²) in [6, 6.07) is 0.183. The summed E-state index contributed by atoms with van der Waals surface area (Å²) in [5, 5.41) is 3.22. The zero-order valence-electron chi connectivity index (χ0n) is 11.4. The number of hydrogen-bond donors (Lipinski definition) is 1. The third-order valence-electron chi connectivity index (χ3n) is 3.27. The minimum atomic E-state index is 0.00774. The molecule has 1 N–H and O–H groups in total. The summed E-state index contributed by atoms with van der Waals surface area (Å²) in [5.74, 6) is 0.0324. The van der Waals surface area contributed by atoms with Gasteiger partial charge in [0.1, 0.15) is 0 Å². The van der Waals surface area contributed by atoms with Crippen molar-refractivity contribution in [2.45, 2.75) is 26.8 Å². The van der Waals surface area contributed by atoms with Gasteiger partial charge in [0.05, 0.1) is 13.1 Å². The van der Waals surface area contributed by atoms with Crippen molar-refractivity contribution in [1.29, 1.82) is 0 Å². The van der Waals surface area contributed by atoms with Gasteiger partial charge in [-0.2, -0.15) is 0 Å². The molecule has 1 heterocycles. The van der Waals surface area contributed by atoms with E-state index in [0.29, 0.717) is 6.54 Å². The van der Waals surface area contributed by atoms with E-state index >= 15 is 0 Å². The molecule has 5 nitrogen and oxygen atoms in total. The van der Waals surface area contributed by atoms with Gasteiger partial charge in [-0.15, -0.1) is 0 Å². The van der Waals surface area contributed by atoms with Crippen LogP contribution in [0.3, 0.4) is 0 Å². The Morgan fingerprint density at radius 2 is 1.82 bits per heavy atom. The molecule has 0 aliphatic carbocycles. The average molecular weight is 241 g/mol. The van der Waals surface area contributed by atoms with Crippen molar-refractivity contribution in [3.05, 3.63) is 0 Å². The largest absolute Gasteiger partial charge is 0.335 e. The van der Waals surface area contributed by atoms with E-state index in [-0.39, 0.29) is 36.4 Å². The minimum absolute atomic E-state index is 0.00774. The Balaban J connectivity index is 2.67. The number of carbonyl (C=O) groups is 2. The number of likely N-dealkylation sites (N-methyl/N-ethyl adjacent to an activating group) is 2. The Kier molecular flexibility index (Phi) is 4.14. The van der Waals surface area contributed by atoms with Gasteiger partial charge >= 0.3 is 0 Å². The molecule has 1 aliphatic rings. The molecule has 17 heavy (non-hydrogen) atoms. The van der Waals surface area contributed by atoms with Crippen LogP contribution >= 0.6 is 0 Å². The van der Waals surface area contributed by atoms with Crippen LogP contribution in [-0.4, -0.2) is 61.4 Å². The molecule has 2 amide bonds. The number of piperazine rings is 1. The van der Waals surface area contributed by atoms with Crippen LogP contribution in [-0.2, 0) is 9.59 Å². The molecule has 1 aliphatic heterocycles. The summed E-state index contributed by atoms with van der Waals surface area (Å²) in [5.41, 5.74) is 0.0570. The number of amides is 2. The molecule has 0 aromatic rings. The maximum atomic E-state index is 11.8. The molecule has 0 radical (unpaired) electrons. The van der Waals surface area contributed by atoms with Crippen LogP contribution in [0.15, 0.2) is 0 Å². The zero-order valence-corrected chi connectivity index (χ0v) is 11.4. The summed E-state index contributed by atoms with van der Waals surface area (Å²) in [7, 11) is 3.55. The molecule has 0 spiro atoms. The highest BCUT2D eigenvalue weighted by Gasteiger charge is 2.32. The smallest absolute Gasteiger partial charge is 0.242 e. The van der Waals surface area contributed by atoms with Crippen LogP contribution in [0.4, 0.5) is 0 Å². The first-order valence-electron chi connectivity index (χ1n) is 5.94. The zero-order chi connectivity index (χ0) is 13.2. The quantitative estimate of drug-likeness (QED) is 0.752. The van der Waals surface area contributed by atoms with Gasteiger partial charge in [-0.3, -0.25) is 9.59 Å². The molecule has 1 fully saturated rings. The van der Waals surface area contributed by atoms with E-state index in [1.54, 1.807) is 11.9 Å². The van der Waals surface area contributed by atoms with Crippen LogP contribution < -0.4 is 5.32 Å². The van der Waals surface area contributed by atoms with Gasteiger partial charge in [-0.25, -0.2) is 0 Å². The minimum Gasteiger partial charge on any atom is -0.335 e. The molecule has 5 heteroatoms. The molecule has 0 saturated carbocycles. The highest BCUT2D eigenvalue weighted by Crippen LogP contribution is 2.20. The van der Waals surface area contributed by atoms with Gasteiger partial charge in [0, 0.05) is 19.6 Å². The van der Waals surface area contributed by atoms with Crippen LogP contribution in [0, 0.1) is 5.41 Å². The first-order chi connectivity index (χ1) is 7.75. The number of hydrogen-bond acceptors (Lipinski definition) is 3. The highest BCUT2D eigenvalue weighted by molar-refractivity contribution is 5.92. The summed E-state index contributed by atoms with van der Waals surface area (Å²) >= 11 is 0.